The number of aryl methyl sites for hydroxylation is 1. The Morgan fingerprint density at radius 2 is 2.24 bits per heavy atom. The molecule has 1 amide bonds. The number of aliphatic imine (C=N–C) groups is 1. The lowest BCUT2D eigenvalue weighted by atomic mass is 10.2. The molecule has 17 heavy (non-hydrogen) atoms. The number of alkyl halides is 1. The van der Waals surface area contributed by atoms with Crippen molar-refractivity contribution in [1.29, 1.82) is 0 Å². The van der Waals surface area contributed by atoms with Crippen LogP contribution in [-0.4, -0.2) is 37.1 Å². The van der Waals surface area contributed by atoms with Crippen molar-refractivity contribution in [3.63, 3.8) is 0 Å². The maximum Gasteiger partial charge on any atom is 0.239 e. The number of hydrogen-bond acceptors (Lipinski definition) is 2. The maximum absolute atomic E-state index is 11.1. The Balaban J connectivity index is 2.82. The highest BCUT2D eigenvalue weighted by molar-refractivity contribution is 6.29. The molecule has 0 atom stereocenters. The van der Waals surface area contributed by atoms with E-state index >= 15 is 0 Å². The number of anilines is 1. The van der Waals surface area contributed by atoms with Gasteiger partial charge in [-0.2, -0.15) is 0 Å². The fourth-order valence-corrected chi connectivity index (χ4v) is 1.32. The molecule has 0 saturated heterocycles. The van der Waals surface area contributed by atoms with Crippen molar-refractivity contribution in [2.24, 2.45) is 4.99 Å². The Bertz CT molecular complexity index is 430. The number of rotatable bonds is 4. The first-order chi connectivity index (χ1) is 8.02. The van der Waals surface area contributed by atoms with E-state index in [1.54, 1.807) is 12.4 Å². The standard InChI is InChI=1S/C12H16ClN3O/c1-9-6-10(15-12(17)7-13)4-5-11(9)14-8-16(2)3/h4-6,8H,7H2,1-3H3,(H,15,17). The van der Waals surface area contributed by atoms with Gasteiger partial charge in [0.15, 0.2) is 0 Å². The number of hydrogen-bond donors (Lipinski definition) is 1. The van der Waals surface area contributed by atoms with Gasteiger partial charge in [0.1, 0.15) is 5.88 Å². The van der Waals surface area contributed by atoms with E-state index in [0.717, 1.165) is 16.9 Å². The summed E-state index contributed by atoms with van der Waals surface area (Å²) in [6, 6.07) is 5.53. The highest BCUT2D eigenvalue weighted by Crippen LogP contribution is 2.22. The van der Waals surface area contributed by atoms with E-state index in [1.165, 1.54) is 0 Å². The van der Waals surface area contributed by atoms with Gasteiger partial charge in [0.05, 0.1) is 12.0 Å². The molecule has 0 aromatic heterocycles. The maximum atomic E-state index is 11.1. The van der Waals surface area contributed by atoms with Crippen molar-refractivity contribution >= 4 is 35.2 Å². The Hall–Kier alpha value is -1.55. The first-order valence-electron chi connectivity index (χ1n) is 5.20. The summed E-state index contributed by atoms with van der Waals surface area (Å²) in [5.74, 6) is -0.254. The van der Waals surface area contributed by atoms with Gasteiger partial charge in [-0.3, -0.25) is 4.79 Å². The third-order valence-electron chi connectivity index (χ3n) is 2.03. The topological polar surface area (TPSA) is 44.7 Å². The molecule has 0 aliphatic carbocycles. The molecule has 0 aliphatic heterocycles. The molecule has 1 N–H and O–H groups in total. The normalized spacial score (nSPS) is 10.6. The fraction of sp³-hybridized carbons (Fsp3) is 0.333. The van der Waals surface area contributed by atoms with Gasteiger partial charge in [-0.25, -0.2) is 4.99 Å². The lowest BCUT2D eigenvalue weighted by Crippen LogP contribution is -2.12. The van der Waals surface area contributed by atoms with Gasteiger partial charge in [0.2, 0.25) is 5.91 Å². The van der Waals surface area contributed by atoms with Crippen molar-refractivity contribution in [2.75, 3.05) is 25.3 Å². The van der Waals surface area contributed by atoms with Crippen LogP contribution < -0.4 is 5.32 Å². The molecular weight excluding hydrogens is 238 g/mol. The Kier molecular flexibility index (Phi) is 4.97. The van der Waals surface area contributed by atoms with Gasteiger partial charge < -0.3 is 10.2 Å². The van der Waals surface area contributed by atoms with Crippen LogP contribution in [0.1, 0.15) is 5.56 Å². The minimum absolute atomic E-state index is 0.0421. The van der Waals surface area contributed by atoms with Crippen LogP contribution in [0, 0.1) is 6.92 Å². The highest BCUT2D eigenvalue weighted by Gasteiger charge is 2.02. The van der Waals surface area contributed by atoms with E-state index < -0.39 is 0 Å². The number of halogens is 1. The molecule has 1 aromatic carbocycles. The lowest BCUT2D eigenvalue weighted by Gasteiger charge is -2.07. The van der Waals surface area contributed by atoms with Gasteiger partial charge in [-0.15, -0.1) is 11.6 Å². The average molecular weight is 254 g/mol. The predicted molar refractivity (Wildman–Crippen MR) is 72.4 cm³/mol. The first kappa shape index (κ1) is 13.5. The average Bonchev–Trinajstić information content (AvgIpc) is 2.27. The summed E-state index contributed by atoms with van der Waals surface area (Å²) in [5.41, 5.74) is 2.61. The Labute approximate surface area is 106 Å². The van der Waals surface area contributed by atoms with Crippen molar-refractivity contribution in [2.45, 2.75) is 6.92 Å². The van der Waals surface area contributed by atoms with Gasteiger partial charge in [0, 0.05) is 19.8 Å². The van der Waals surface area contributed by atoms with Crippen LogP contribution in [0.2, 0.25) is 0 Å². The highest BCUT2D eigenvalue weighted by atomic mass is 35.5. The molecule has 92 valence electrons. The molecular formula is C12H16ClN3O. The minimum atomic E-state index is -0.212. The largest absolute Gasteiger partial charge is 0.369 e. The summed E-state index contributed by atoms with van der Waals surface area (Å²) in [4.78, 5) is 17.3. The van der Waals surface area contributed by atoms with Crippen LogP contribution in [0.5, 0.6) is 0 Å². The molecule has 1 aromatic rings. The number of nitrogens with one attached hydrogen (secondary N) is 1. The summed E-state index contributed by atoms with van der Waals surface area (Å²) in [5, 5.41) is 2.69. The molecule has 0 aliphatic rings. The van der Waals surface area contributed by atoms with Crippen molar-refractivity contribution in [1.82, 2.24) is 4.90 Å². The molecule has 0 heterocycles. The molecule has 0 unspecified atom stereocenters. The minimum Gasteiger partial charge on any atom is -0.369 e. The first-order valence-corrected chi connectivity index (χ1v) is 5.73. The fourth-order valence-electron chi connectivity index (χ4n) is 1.25. The van der Waals surface area contributed by atoms with Crippen LogP contribution in [0.4, 0.5) is 11.4 Å². The van der Waals surface area contributed by atoms with Gasteiger partial charge in [-0.05, 0) is 30.7 Å². The third-order valence-corrected chi connectivity index (χ3v) is 2.27. The Morgan fingerprint density at radius 1 is 1.53 bits per heavy atom. The summed E-state index contributed by atoms with van der Waals surface area (Å²) in [6.07, 6.45) is 1.74. The number of carbonyl (C=O) groups is 1. The second kappa shape index (κ2) is 6.25. The monoisotopic (exact) mass is 253 g/mol. The number of amides is 1. The summed E-state index contributed by atoms with van der Waals surface area (Å²) in [7, 11) is 3.82. The zero-order valence-corrected chi connectivity index (χ0v) is 11.0. The van der Waals surface area contributed by atoms with E-state index in [1.807, 2.05) is 38.1 Å². The Morgan fingerprint density at radius 3 is 2.76 bits per heavy atom. The zero-order valence-electron chi connectivity index (χ0n) is 10.2. The van der Waals surface area contributed by atoms with E-state index in [0.29, 0.717) is 0 Å². The molecule has 0 saturated carbocycles. The zero-order chi connectivity index (χ0) is 12.8. The molecule has 4 nitrogen and oxygen atoms in total. The second-order valence-corrected chi connectivity index (χ2v) is 4.16. The SMILES string of the molecule is Cc1cc(NC(=O)CCl)ccc1N=CN(C)C. The molecule has 0 radical (unpaired) electrons. The molecule has 0 fully saturated rings. The number of nitrogens with zero attached hydrogens (tertiary/aromatic N) is 2. The van der Waals surface area contributed by atoms with Crippen LogP contribution in [0.25, 0.3) is 0 Å². The smallest absolute Gasteiger partial charge is 0.239 e. The van der Waals surface area contributed by atoms with Crippen LogP contribution in [0.15, 0.2) is 23.2 Å². The van der Waals surface area contributed by atoms with Gasteiger partial charge in [-0.1, -0.05) is 0 Å². The van der Waals surface area contributed by atoms with Gasteiger partial charge in [0.25, 0.3) is 0 Å². The van der Waals surface area contributed by atoms with E-state index in [2.05, 4.69) is 10.3 Å². The van der Waals surface area contributed by atoms with Crippen molar-refractivity contribution in [3.8, 4) is 0 Å². The third kappa shape index (κ3) is 4.44. The summed E-state index contributed by atoms with van der Waals surface area (Å²) < 4.78 is 0. The van der Waals surface area contributed by atoms with E-state index in [9.17, 15) is 4.79 Å². The predicted octanol–water partition coefficient (Wildman–Crippen LogP) is 2.39. The molecule has 0 bridgehead atoms. The lowest BCUT2D eigenvalue weighted by molar-refractivity contribution is -0.113. The van der Waals surface area contributed by atoms with E-state index in [4.69, 9.17) is 11.6 Å². The van der Waals surface area contributed by atoms with Crippen LogP contribution in [0.3, 0.4) is 0 Å². The second-order valence-electron chi connectivity index (χ2n) is 3.89. The van der Waals surface area contributed by atoms with E-state index in [-0.39, 0.29) is 11.8 Å². The summed E-state index contributed by atoms with van der Waals surface area (Å²) >= 11 is 5.42. The van der Waals surface area contributed by atoms with Crippen molar-refractivity contribution in [3.05, 3.63) is 23.8 Å². The molecule has 5 heteroatoms. The summed E-state index contributed by atoms with van der Waals surface area (Å²) in [6.45, 7) is 1.94. The van der Waals surface area contributed by atoms with Crippen molar-refractivity contribution < 1.29 is 4.79 Å². The number of benzene rings is 1. The molecule has 0 spiro atoms. The van der Waals surface area contributed by atoms with Crippen LogP contribution >= 0.6 is 11.6 Å². The number of carbonyl (C=O) groups excluding carboxylic acids is 1. The molecule has 1 rings (SSSR count). The van der Waals surface area contributed by atoms with Crippen LogP contribution in [-0.2, 0) is 4.79 Å². The van der Waals surface area contributed by atoms with Gasteiger partial charge >= 0.3 is 0 Å². The quantitative estimate of drug-likeness (QED) is 0.509.